The first kappa shape index (κ1) is 14.0. The van der Waals surface area contributed by atoms with Gasteiger partial charge >= 0.3 is 0 Å². The molecule has 1 N–H and O–H groups in total. The van der Waals surface area contributed by atoms with Crippen LogP contribution in [0, 0.1) is 17.5 Å². The number of ether oxygens (including phenoxy) is 2. The van der Waals surface area contributed by atoms with E-state index in [1.165, 1.54) is 21.1 Å². The average Bonchev–Trinajstić information content (AvgIpc) is 2.27. The molecule has 0 spiro atoms. The number of hydrogen-bond acceptors (Lipinski definition) is 3. The highest BCUT2D eigenvalue weighted by Crippen LogP contribution is 2.30. The van der Waals surface area contributed by atoms with Crippen LogP contribution in [0.5, 0.6) is 0 Å². The maximum atomic E-state index is 13.5. The summed E-state index contributed by atoms with van der Waals surface area (Å²) in [6.45, 7) is 1.18. The molecular formula is C11H13F3O3. The highest BCUT2D eigenvalue weighted by molar-refractivity contribution is 5.26. The van der Waals surface area contributed by atoms with Crippen molar-refractivity contribution >= 4 is 0 Å². The van der Waals surface area contributed by atoms with Crippen molar-refractivity contribution < 1.29 is 27.8 Å². The molecule has 3 nitrogen and oxygen atoms in total. The Morgan fingerprint density at radius 3 is 2.12 bits per heavy atom. The fourth-order valence-electron chi connectivity index (χ4n) is 1.60. The van der Waals surface area contributed by atoms with Crippen LogP contribution in [0.2, 0.25) is 0 Å². The molecule has 0 fully saturated rings. The van der Waals surface area contributed by atoms with Crippen molar-refractivity contribution in [1.29, 1.82) is 0 Å². The quantitative estimate of drug-likeness (QED) is 0.655. The lowest BCUT2D eigenvalue weighted by Gasteiger charge is -2.31. The Balaban J connectivity index is 3.28. The van der Waals surface area contributed by atoms with E-state index in [4.69, 9.17) is 9.47 Å². The zero-order valence-corrected chi connectivity index (χ0v) is 9.63. The lowest BCUT2D eigenvalue weighted by atomic mass is 9.94. The largest absolute Gasteiger partial charge is 0.380 e. The van der Waals surface area contributed by atoms with Crippen molar-refractivity contribution in [1.82, 2.24) is 0 Å². The number of rotatable bonds is 4. The van der Waals surface area contributed by atoms with Gasteiger partial charge in [-0.15, -0.1) is 0 Å². The molecule has 17 heavy (non-hydrogen) atoms. The van der Waals surface area contributed by atoms with E-state index in [2.05, 4.69) is 0 Å². The van der Waals surface area contributed by atoms with Crippen LogP contribution < -0.4 is 0 Å². The number of benzene rings is 1. The lowest BCUT2D eigenvalue weighted by Crippen LogP contribution is -2.40. The van der Waals surface area contributed by atoms with Gasteiger partial charge in [0.1, 0.15) is 5.60 Å². The first-order valence-corrected chi connectivity index (χ1v) is 4.78. The molecule has 0 aromatic heterocycles. The predicted molar refractivity (Wildman–Crippen MR) is 53.7 cm³/mol. The maximum absolute atomic E-state index is 13.5. The Morgan fingerprint density at radius 1 is 1.12 bits per heavy atom. The minimum atomic E-state index is -1.94. The minimum absolute atomic E-state index is 0.440. The molecule has 1 aromatic rings. The minimum Gasteiger partial charge on any atom is -0.380 e. The Morgan fingerprint density at radius 2 is 1.65 bits per heavy atom. The summed E-state index contributed by atoms with van der Waals surface area (Å²) in [6.07, 6.45) is -1.21. The summed E-state index contributed by atoms with van der Waals surface area (Å²) in [5.41, 5.74) is -2.38. The summed E-state index contributed by atoms with van der Waals surface area (Å²) in [6, 6.07) is 1.67. The SMILES string of the molecule is COC(OC)C(C)(O)c1ccc(F)c(F)c1F. The number of aliphatic hydroxyl groups is 1. The van der Waals surface area contributed by atoms with Crippen LogP contribution in [0.3, 0.4) is 0 Å². The van der Waals surface area contributed by atoms with E-state index in [9.17, 15) is 18.3 Å². The molecule has 0 aliphatic heterocycles. The molecule has 1 rings (SSSR count). The van der Waals surface area contributed by atoms with Gasteiger partial charge in [-0.05, 0) is 19.1 Å². The van der Waals surface area contributed by atoms with Crippen LogP contribution in [0.25, 0.3) is 0 Å². The molecule has 1 unspecified atom stereocenters. The van der Waals surface area contributed by atoms with Gasteiger partial charge in [-0.25, -0.2) is 13.2 Å². The van der Waals surface area contributed by atoms with E-state index in [0.717, 1.165) is 12.1 Å². The standard InChI is InChI=1S/C11H13F3O3/c1-11(15,10(16-2)17-3)6-4-5-7(12)9(14)8(6)13/h4-5,10,15H,1-3H3. The maximum Gasteiger partial charge on any atom is 0.194 e. The summed E-state index contributed by atoms with van der Waals surface area (Å²) >= 11 is 0. The van der Waals surface area contributed by atoms with Crippen molar-refractivity contribution in [2.75, 3.05) is 14.2 Å². The Bertz CT molecular complexity index is 403. The van der Waals surface area contributed by atoms with Gasteiger partial charge in [-0.2, -0.15) is 0 Å². The van der Waals surface area contributed by atoms with E-state index in [0.29, 0.717) is 0 Å². The molecule has 0 amide bonds. The van der Waals surface area contributed by atoms with Crippen molar-refractivity contribution in [3.8, 4) is 0 Å². The topological polar surface area (TPSA) is 38.7 Å². The van der Waals surface area contributed by atoms with Crippen molar-refractivity contribution in [3.63, 3.8) is 0 Å². The highest BCUT2D eigenvalue weighted by atomic mass is 19.2. The summed E-state index contributed by atoms with van der Waals surface area (Å²) in [7, 11) is 2.47. The zero-order valence-electron chi connectivity index (χ0n) is 9.63. The second kappa shape index (κ2) is 5.03. The van der Waals surface area contributed by atoms with Gasteiger partial charge < -0.3 is 14.6 Å². The Hall–Kier alpha value is -1.11. The fourth-order valence-corrected chi connectivity index (χ4v) is 1.60. The third-order valence-electron chi connectivity index (χ3n) is 2.47. The molecule has 0 bridgehead atoms. The van der Waals surface area contributed by atoms with Crippen LogP contribution in [-0.2, 0) is 15.1 Å². The predicted octanol–water partition coefficient (Wildman–Crippen LogP) is 1.93. The highest BCUT2D eigenvalue weighted by Gasteiger charge is 2.38. The van der Waals surface area contributed by atoms with Gasteiger partial charge in [0.15, 0.2) is 23.7 Å². The normalized spacial score (nSPS) is 15.1. The Labute approximate surface area is 96.8 Å². The third-order valence-corrected chi connectivity index (χ3v) is 2.47. The second-order valence-electron chi connectivity index (χ2n) is 3.67. The molecule has 0 saturated carbocycles. The molecule has 0 saturated heterocycles. The van der Waals surface area contributed by atoms with Gasteiger partial charge in [0.2, 0.25) is 0 Å². The smallest absolute Gasteiger partial charge is 0.194 e. The molecule has 0 aliphatic carbocycles. The Kier molecular flexibility index (Phi) is 4.13. The second-order valence-corrected chi connectivity index (χ2v) is 3.67. The van der Waals surface area contributed by atoms with Crippen LogP contribution >= 0.6 is 0 Å². The first-order valence-electron chi connectivity index (χ1n) is 4.78. The van der Waals surface area contributed by atoms with E-state index >= 15 is 0 Å². The van der Waals surface area contributed by atoms with Gasteiger partial charge in [-0.1, -0.05) is 0 Å². The van der Waals surface area contributed by atoms with Gasteiger partial charge in [0.25, 0.3) is 0 Å². The third kappa shape index (κ3) is 2.43. The van der Waals surface area contributed by atoms with Crippen LogP contribution in [0.4, 0.5) is 13.2 Å². The number of halogens is 3. The van der Waals surface area contributed by atoms with Crippen LogP contribution in [0.1, 0.15) is 12.5 Å². The van der Waals surface area contributed by atoms with Crippen molar-refractivity contribution in [2.45, 2.75) is 18.8 Å². The molecule has 6 heteroatoms. The summed E-state index contributed by atoms with van der Waals surface area (Å²) < 4.78 is 48.9. The summed E-state index contributed by atoms with van der Waals surface area (Å²) in [5.74, 6) is -4.43. The molecular weight excluding hydrogens is 237 g/mol. The van der Waals surface area contributed by atoms with Crippen molar-refractivity contribution in [2.24, 2.45) is 0 Å². The van der Waals surface area contributed by atoms with E-state index in [-0.39, 0.29) is 0 Å². The van der Waals surface area contributed by atoms with Gasteiger partial charge in [0, 0.05) is 19.8 Å². The molecule has 0 radical (unpaired) electrons. The van der Waals surface area contributed by atoms with E-state index < -0.39 is 34.9 Å². The first-order chi connectivity index (χ1) is 7.86. The van der Waals surface area contributed by atoms with Crippen molar-refractivity contribution in [3.05, 3.63) is 35.1 Å². The summed E-state index contributed by atoms with van der Waals surface area (Å²) in [5, 5.41) is 10.1. The zero-order chi connectivity index (χ0) is 13.2. The van der Waals surface area contributed by atoms with Gasteiger partial charge in [0.05, 0.1) is 0 Å². The molecule has 96 valence electrons. The van der Waals surface area contributed by atoms with Crippen LogP contribution in [-0.4, -0.2) is 25.6 Å². The molecule has 1 aromatic carbocycles. The van der Waals surface area contributed by atoms with Crippen LogP contribution in [0.15, 0.2) is 12.1 Å². The fraction of sp³-hybridized carbons (Fsp3) is 0.455. The number of methoxy groups -OCH3 is 2. The lowest BCUT2D eigenvalue weighted by molar-refractivity contribution is -0.214. The number of hydrogen-bond donors (Lipinski definition) is 1. The molecule has 1 atom stereocenters. The molecule has 0 aliphatic rings. The molecule has 0 heterocycles. The van der Waals surface area contributed by atoms with Gasteiger partial charge in [-0.3, -0.25) is 0 Å². The monoisotopic (exact) mass is 250 g/mol. The van der Waals surface area contributed by atoms with E-state index in [1.54, 1.807) is 0 Å². The summed E-state index contributed by atoms with van der Waals surface area (Å²) in [4.78, 5) is 0. The van der Waals surface area contributed by atoms with E-state index in [1.807, 2.05) is 0 Å². The average molecular weight is 250 g/mol.